The van der Waals surface area contributed by atoms with Crippen molar-refractivity contribution in [2.24, 2.45) is 0 Å². The Morgan fingerprint density at radius 1 is 1.36 bits per heavy atom. The summed E-state index contributed by atoms with van der Waals surface area (Å²) in [5.74, 6) is -0.206. The van der Waals surface area contributed by atoms with Crippen molar-refractivity contribution in [2.45, 2.75) is 25.7 Å². The van der Waals surface area contributed by atoms with E-state index in [9.17, 15) is 4.79 Å². The Balaban J connectivity index is 2.68. The molecule has 0 saturated heterocycles. The molecule has 0 spiro atoms. The zero-order chi connectivity index (χ0) is 10.2. The maximum Gasteiger partial charge on any atom is 0.210 e. The van der Waals surface area contributed by atoms with Crippen molar-refractivity contribution in [1.29, 1.82) is 0 Å². The van der Waals surface area contributed by atoms with E-state index in [4.69, 9.17) is 0 Å². The Labute approximate surface area is 85.5 Å². The van der Waals surface area contributed by atoms with Crippen LogP contribution in [0.3, 0.4) is 0 Å². The van der Waals surface area contributed by atoms with Gasteiger partial charge in [0.05, 0.1) is 5.92 Å². The van der Waals surface area contributed by atoms with E-state index in [0.29, 0.717) is 0 Å². The summed E-state index contributed by atoms with van der Waals surface area (Å²) in [4.78, 5) is 10.7. The summed E-state index contributed by atoms with van der Waals surface area (Å²) >= 11 is 0. The standard InChI is InChI=1S/C13H15O/c1-2-3-5-10-13(11-14)12-8-6-4-7-9-12/h4-10,13H,2-3H2,1H3/b10-5+. The zero-order valence-corrected chi connectivity index (χ0v) is 8.44. The highest BCUT2D eigenvalue weighted by atomic mass is 16.1. The number of hydrogen-bond donors (Lipinski definition) is 0. The van der Waals surface area contributed by atoms with Crippen molar-refractivity contribution in [1.82, 2.24) is 0 Å². The van der Waals surface area contributed by atoms with Gasteiger partial charge in [0.15, 0.2) is 0 Å². The van der Waals surface area contributed by atoms with Crippen LogP contribution in [0.5, 0.6) is 0 Å². The molecule has 1 unspecified atom stereocenters. The fraction of sp³-hybridized carbons (Fsp3) is 0.308. The SMILES string of the molecule is CCC/C=C/C([C]=O)c1ccccc1. The van der Waals surface area contributed by atoms with Gasteiger partial charge in [-0.3, -0.25) is 4.79 Å². The first-order valence-electron chi connectivity index (χ1n) is 4.97. The predicted molar refractivity (Wildman–Crippen MR) is 58.9 cm³/mol. The smallest absolute Gasteiger partial charge is 0.210 e. The van der Waals surface area contributed by atoms with Crippen LogP contribution in [0, 0.1) is 0 Å². The molecule has 0 aliphatic heterocycles. The Morgan fingerprint density at radius 2 is 2.07 bits per heavy atom. The van der Waals surface area contributed by atoms with Crippen molar-refractivity contribution in [3.63, 3.8) is 0 Å². The molecular formula is C13H15O. The van der Waals surface area contributed by atoms with Crippen LogP contribution in [-0.4, -0.2) is 6.29 Å². The maximum atomic E-state index is 10.7. The van der Waals surface area contributed by atoms with Crippen LogP contribution in [0.15, 0.2) is 42.5 Å². The van der Waals surface area contributed by atoms with Crippen molar-refractivity contribution < 1.29 is 4.79 Å². The first-order chi connectivity index (χ1) is 6.88. The van der Waals surface area contributed by atoms with Gasteiger partial charge in [0.1, 0.15) is 0 Å². The van der Waals surface area contributed by atoms with E-state index in [2.05, 4.69) is 6.92 Å². The van der Waals surface area contributed by atoms with Crippen LogP contribution in [0.1, 0.15) is 31.2 Å². The number of rotatable bonds is 5. The van der Waals surface area contributed by atoms with Gasteiger partial charge in [-0.15, -0.1) is 0 Å². The van der Waals surface area contributed by atoms with E-state index in [1.807, 2.05) is 48.8 Å². The molecule has 1 atom stereocenters. The number of carbonyl (C=O) groups excluding carboxylic acids is 1. The van der Waals surface area contributed by atoms with Crippen molar-refractivity contribution in [3.05, 3.63) is 48.0 Å². The molecule has 0 amide bonds. The van der Waals surface area contributed by atoms with Gasteiger partial charge in [-0.25, -0.2) is 0 Å². The largest absolute Gasteiger partial charge is 0.290 e. The second kappa shape index (κ2) is 6.14. The van der Waals surface area contributed by atoms with Crippen molar-refractivity contribution >= 4 is 6.29 Å². The van der Waals surface area contributed by atoms with E-state index < -0.39 is 0 Å². The Kier molecular flexibility index (Phi) is 4.70. The van der Waals surface area contributed by atoms with Gasteiger partial charge < -0.3 is 0 Å². The van der Waals surface area contributed by atoms with Crippen molar-refractivity contribution in [2.75, 3.05) is 0 Å². The first kappa shape index (κ1) is 10.7. The normalized spacial score (nSPS) is 12.9. The molecule has 0 N–H and O–H groups in total. The van der Waals surface area contributed by atoms with Crippen LogP contribution in [0.4, 0.5) is 0 Å². The van der Waals surface area contributed by atoms with Crippen LogP contribution in [0.2, 0.25) is 0 Å². The quantitative estimate of drug-likeness (QED) is 0.647. The number of unbranched alkanes of at least 4 members (excludes halogenated alkanes) is 1. The van der Waals surface area contributed by atoms with Gasteiger partial charge in [-0.2, -0.15) is 0 Å². The zero-order valence-electron chi connectivity index (χ0n) is 8.44. The molecule has 1 nitrogen and oxygen atoms in total. The lowest BCUT2D eigenvalue weighted by atomic mass is 10.00. The fourth-order valence-electron chi connectivity index (χ4n) is 1.28. The minimum Gasteiger partial charge on any atom is -0.290 e. The maximum absolute atomic E-state index is 10.7. The molecule has 1 aromatic rings. The molecule has 0 heterocycles. The summed E-state index contributed by atoms with van der Waals surface area (Å²) in [6, 6.07) is 9.72. The highest BCUT2D eigenvalue weighted by molar-refractivity contribution is 5.65. The minimum atomic E-state index is -0.206. The number of benzene rings is 1. The molecule has 1 rings (SSSR count). The second-order valence-electron chi connectivity index (χ2n) is 3.22. The average molecular weight is 187 g/mol. The summed E-state index contributed by atoms with van der Waals surface area (Å²) in [6.07, 6.45) is 8.13. The third kappa shape index (κ3) is 3.17. The molecular weight excluding hydrogens is 172 g/mol. The van der Waals surface area contributed by atoms with E-state index in [1.165, 1.54) is 0 Å². The van der Waals surface area contributed by atoms with E-state index >= 15 is 0 Å². The van der Waals surface area contributed by atoms with Gasteiger partial charge in [-0.1, -0.05) is 55.8 Å². The lowest BCUT2D eigenvalue weighted by Gasteiger charge is -2.03. The Morgan fingerprint density at radius 3 is 2.64 bits per heavy atom. The summed E-state index contributed by atoms with van der Waals surface area (Å²) in [6.45, 7) is 2.12. The van der Waals surface area contributed by atoms with Crippen molar-refractivity contribution in [3.8, 4) is 0 Å². The average Bonchev–Trinajstić information content (AvgIpc) is 2.26. The van der Waals surface area contributed by atoms with Gasteiger partial charge in [0, 0.05) is 0 Å². The number of allylic oxidation sites excluding steroid dienone is 2. The monoisotopic (exact) mass is 187 g/mol. The van der Waals surface area contributed by atoms with Crippen LogP contribution < -0.4 is 0 Å². The Hall–Kier alpha value is -1.37. The first-order valence-corrected chi connectivity index (χ1v) is 4.97. The molecule has 0 aliphatic carbocycles. The summed E-state index contributed by atoms with van der Waals surface area (Å²) in [5, 5.41) is 0. The summed E-state index contributed by atoms with van der Waals surface area (Å²) in [7, 11) is 0. The summed E-state index contributed by atoms with van der Waals surface area (Å²) < 4.78 is 0. The third-order valence-corrected chi connectivity index (χ3v) is 2.07. The highest BCUT2D eigenvalue weighted by Crippen LogP contribution is 2.14. The molecule has 0 aliphatic rings. The Bertz CT molecular complexity index is 287. The van der Waals surface area contributed by atoms with E-state index in [0.717, 1.165) is 18.4 Å². The van der Waals surface area contributed by atoms with Crippen LogP contribution in [0.25, 0.3) is 0 Å². The molecule has 0 aromatic heterocycles. The predicted octanol–water partition coefficient (Wildman–Crippen LogP) is 3.24. The van der Waals surface area contributed by atoms with Gasteiger partial charge >= 0.3 is 0 Å². The van der Waals surface area contributed by atoms with Gasteiger partial charge in [-0.05, 0) is 12.0 Å². The molecule has 73 valence electrons. The van der Waals surface area contributed by atoms with Crippen LogP contribution >= 0.6 is 0 Å². The molecule has 0 saturated carbocycles. The number of hydrogen-bond acceptors (Lipinski definition) is 1. The molecule has 0 bridgehead atoms. The highest BCUT2D eigenvalue weighted by Gasteiger charge is 2.05. The molecule has 1 aromatic carbocycles. The lowest BCUT2D eigenvalue weighted by molar-refractivity contribution is 0.550. The molecule has 1 radical (unpaired) electrons. The summed E-state index contributed by atoms with van der Waals surface area (Å²) in [5.41, 5.74) is 1.01. The van der Waals surface area contributed by atoms with Gasteiger partial charge in [0.25, 0.3) is 0 Å². The van der Waals surface area contributed by atoms with Gasteiger partial charge in [0.2, 0.25) is 6.29 Å². The molecule has 1 heteroatoms. The lowest BCUT2D eigenvalue weighted by Crippen LogP contribution is -1.95. The minimum absolute atomic E-state index is 0.206. The van der Waals surface area contributed by atoms with E-state index in [1.54, 1.807) is 0 Å². The second-order valence-corrected chi connectivity index (χ2v) is 3.22. The van der Waals surface area contributed by atoms with Crippen LogP contribution in [-0.2, 0) is 4.79 Å². The molecule has 0 fully saturated rings. The third-order valence-electron chi connectivity index (χ3n) is 2.07. The van der Waals surface area contributed by atoms with E-state index in [-0.39, 0.29) is 5.92 Å². The fourth-order valence-corrected chi connectivity index (χ4v) is 1.28. The molecule has 14 heavy (non-hydrogen) atoms. The topological polar surface area (TPSA) is 17.1 Å².